The minimum atomic E-state index is -0.897. The number of carbonyl (C=O) groups is 4. The summed E-state index contributed by atoms with van der Waals surface area (Å²) in [6, 6.07) is 5.48. The van der Waals surface area contributed by atoms with E-state index in [1.165, 1.54) is 0 Å². The van der Waals surface area contributed by atoms with Gasteiger partial charge in [-0.1, -0.05) is 24.3 Å². The molecule has 2 rings (SSSR count). The first-order valence-corrected chi connectivity index (χ1v) is 11.7. The molecule has 3 amide bonds. The number of carbonyl (C=O) groups excluding carboxylic acids is 4. The molecule has 0 aliphatic heterocycles. The average Bonchev–Trinajstić information content (AvgIpc) is 3.56. The maximum atomic E-state index is 13.5. The van der Waals surface area contributed by atoms with E-state index in [-0.39, 0.29) is 37.4 Å². The molecule has 2 unspecified atom stereocenters. The van der Waals surface area contributed by atoms with Crippen LogP contribution < -0.4 is 10.6 Å². The van der Waals surface area contributed by atoms with Crippen molar-refractivity contribution in [3.63, 3.8) is 0 Å². The maximum absolute atomic E-state index is 13.5. The van der Waals surface area contributed by atoms with Gasteiger partial charge in [-0.15, -0.1) is 0 Å². The van der Waals surface area contributed by atoms with E-state index < -0.39 is 29.7 Å². The van der Waals surface area contributed by atoms with Crippen molar-refractivity contribution in [2.75, 3.05) is 13.2 Å². The standard InChI is InChI=1S/C25H37N3O6/c1-7-33-20(29)14-15-26-22(30)21(19-11-9-8-10-16(19)2)28(18-12-13-18)23(31)17(3)27-24(32)34-25(4,5)6/h8-11,17-18,21H,7,12-15H2,1-6H3,(H,26,30)(H,27,32). The summed E-state index contributed by atoms with van der Waals surface area (Å²) in [6.07, 6.45) is 0.872. The van der Waals surface area contributed by atoms with Gasteiger partial charge in [-0.2, -0.15) is 0 Å². The number of alkyl carbamates (subject to hydrolysis) is 1. The van der Waals surface area contributed by atoms with Crippen molar-refractivity contribution in [2.24, 2.45) is 0 Å². The first-order chi connectivity index (χ1) is 15.9. The molecule has 1 saturated carbocycles. The Balaban J connectivity index is 2.26. The van der Waals surface area contributed by atoms with Gasteiger partial charge in [-0.05, 0) is 65.5 Å². The zero-order chi connectivity index (χ0) is 25.5. The molecule has 1 aliphatic rings. The van der Waals surface area contributed by atoms with E-state index >= 15 is 0 Å². The highest BCUT2D eigenvalue weighted by Gasteiger charge is 2.43. The minimum absolute atomic E-state index is 0.0358. The minimum Gasteiger partial charge on any atom is -0.466 e. The van der Waals surface area contributed by atoms with E-state index in [0.29, 0.717) is 5.56 Å². The Hall–Kier alpha value is -3.10. The number of rotatable bonds is 10. The number of amides is 3. The van der Waals surface area contributed by atoms with E-state index in [2.05, 4.69) is 10.6 Å². The molecule has 2 N–H and O–H groups in total. The van der Waals surface area contributed by atoms with Gasteiger partial charge < -0.3 is 25.0 Å². The zero-order valence-corrected chi connectivity index (χ0v) is 21.0. The van der Waals surface area contributed by atoms with Crippen molar-refractivity contribution in [3.8, 4) is 0 Å². The lowest BCUT2D eigenvalue weighted by atomic mass is 9.98. The van der Waals surface area contributed by atoms with Gasteiger partial charge in [0.15, 0.2) is 0 Å². The summed E-state index contributed by atoms with van der Waals surface area (Å²) < 4.78 is 10.2. The third-order valence-electron chi connectivity index (χ3n) is 5.24. The van der Waals surface area contributed by atoms with Crippen LogP contribution in [-0.4, -0.2) is 59.6 Å². The molecule has 0 spiro atoms. The van der Waals surface area contributed by atoms with Crippen molar-refractivity contribution in [2.45, 2.75) is 84.5 Å². The maximum Gasteiger partial charge on any atom is 0.408 e. The molecule has 0 aromatic heterocycles. The van der Waals surface area contributed by atoms with Crippen LogP contribution in [0.5, 0.6) is 0 Å². The van der Waals surface area contributed by atoms with Gasteiger partial charge in [0.05, 0.1) is 13.0 Å². The van der Waals surface area contributed by atoms with Gasteiger partial charge in [0.2, 0.25) is 11.8 Å². The van der Waals surface area contributed by atoms with E-state index in [9.17, 15) is 19.2 Å². The van der Waals surface area contributed by atoms with Crippen LogP contribution in [0.2, 0.25) is 0 Å². The van der Waals surface area contributed by atoms with E-state index in [1.54, 1.807) is 39.5 Å². The van der Waals surface area contributed by atoms with Gasteiger partial charge >= 0.3 is 12.1 Å². The molecule has 9 heteroatoms. The number of ether oxygens (including phenoxy) is 2. The first kappa shape index (κ1) is 27.1. The molecule has 1 fully saturated rings. The van der Waals surface area contributed by atoms with Gasteiger partial charge in [0.1, 0.15) is 17.7 Å². The highest BCUT2D eigenvalue weighted by molar-refractivity contribution is 5.92. The van der Waals surface area contributed by atoms with E-state index in [4.69, 9.17) is 9.47 Å². The largest absolute Gasteiger partial charge is 0.466 e. The Bertz CT molecular complexity index is 891. The predicted octanol–water partition coefficient (Wildman–Crippen LogP) is 3.01. The van der Waals surface area contributed by atoms with Gasteiger partial charge in [-0.25, -0.2) is 4.79 Å². The fourth-order valence-corrected chi connectivity index (χ4v) is 3.57. The Morgan fingerprint density at radius 1 is 1.15 bits per heavy atom. The summed E-state index contributed by atoms with van der Waals surface area (Å²) in [6.45, 7) is 10.8. The molecule has 1 aliphatic carbocycles. The van der Waals surface area contributed by atoms with Crippen molar-refractivity contribution in [1.29, 1.82) is 0 Å². The Morgan fingerprint density at radius 3 is 2.35 bits per heavy atom. The van der Waals surface area contributed by atoms with Crippen LogP contribution in [0.4, 0.5) is 4.79 Å². The van der Waals surface area contributed by atoms with Crippen molar-refractivity contribution in [1.82, 2.24) is 15.5 Å². The number of nitrogens with zero attached hydrogens (tertiary/aromatic N) is 1. The monoisotopic (exact) mass is 475 g/mol. The van der Waals surface area contributed by atoms with Crippen LogP contribution in [0, 0.1) is 6.92 Å². The molecular weight excluding hydrogens is 438 g/mol. The zero-order valence-electron chi connectivity index (χ0n) is 21.0. The summed E-state index contributed by atoms with van der Waals surface area (Å²) in [4.78, 5) is 52.4. The number of benzene rings is 1. The second kappa shape index (κ2) is 11.9. The lowest BCUT2D eigenvalue weighted by molar-refractivity contribution is -0.144. The molecule has 1 aromatic carbocycles. The van der Waals surface area contributed by atoms with Crippen LogP contribution in [0.15, 0.2) is 24.3 Å². The fraction of sp³-hybridized carbons (Fsp3) is 0.600. The lowest BCUT2D eigenvalue weighted by Crippen LogP contribution is -2.53. The topological polar surface area (TPSA) is 114 Å². The molecule has 34 heavy (non-hydrogen) atoms. The van der Waals surface area contributed by atoms with Gasteiger partial charge in [-0.3, -0.25) is 14.4 Å². The third kappa shape index (κ3) is 8.04. The van der Waals surface area contributed by atoms with Crippen LogP contribution in [0.3, 0.4) is 0 Å². The summed E-state index contributed by atoms with van der Waals surface area (Å²) in [7, 11) is 0. The predicted molar refractivity (Wildman–Crippen MR) is 127 cm³/mol. The lowest BCUT2D eigenvalue weighted by Gasteiger charge is -2.34. The summed E-state index contributed by atoms with van der Waals surface area (Å²) in [5, 5.41) is 5.37. The van der Waals surface area contributed by atoms with Crippen molar-refractivity contribution in [3.05, 3.63) is 35.4 Å². The van der Waals surface area contributed by atoms with Crippen molar-refractivity contribution >= 4 is 23.9 Å². The second-order valence-corrected chi connectivity index (χ2v) is 9.45. The molecule has 0 radical (unpaired) electrons. The molecule has 188 valence electrons. The van der Waals surface area contributed by atoms with E-state index in [1.807, 2.05) is 31.2 Å². The highest BCUT2D eigenvalue weighted by Crippen LogP contribution is 2.36. The average molecular weight is 476 g/mol. The molecule has 2 atom stereocenters. The highest BCUT2D eigenvalue weighted by atomic mass is 16.6. The Kier molecular flexibility index (Phi) is 9.46. The smallest absolute Gasteiger partial charge is 0.408 e. The summed E-state index contributed by atoms with van der Waals surface area (Å²) >= 11 is 0. The van der Waals surface area contributed by atoms with Crippen LogP contribution in [-0.2, 0) is 23.9 Å². The van der Waals surface area contributed by atoms with Crippen molar-refractivity contribution < 1.29 is 28.7 Å². The second-order valence-electron chi connectivity index (χ2n) is 9.45. The van der Waals surface area contributed by atoms with Crippen LogP contribution >= 0.6 is 0 Å². The normalized spacial score (nSPS) is 15.0. The van der Waals surface area contributed by atoms with Crippen LogP contribution in [0.1, 0.15) is 71.0 Å². The number of hydrogen-bond acceptors (Lipinski definition) is 6. The number of hydrogen-bond donors (Lipinski definition) is 2. The summed E-state index contributed by atoms with van der Waals surface area (Å²) in [5.41, 5.74) is 0.853. The molecular formula is C25H37N3O6. The third-order valence-corrected chi connectivity index (χ3v) is 5.24. The van der Waals surface area contributed by atoms with E-state index in [0.717, 1.165) is 18.4 Å². The number of aryl methyl sites for hydroxylation is 1. The Morgan fingerprint density at radius 2 is 1.79 bits per heavy atom. The van der Waals surface area contributed by atoms with Gasteiger partial charge in [0, 0.05) is 12.6 Å². The number of nitrogens with one attached hydrogen (secondary N) is 2. The Labute approximate surface area is 201 Å². The van der Waals surface area contributed by atoms with Crippen LogP contribution in [0.25, 0.3) is 0 Å². The molecule has 0 saturated heterocycles. The van der Waals surface area contributed by atoms with Gasteiger partial charge in [0.25, 0.3) is 0 Å². The fourth-order valence-electron chi connectivity index (χ4n) is 3.57. The molecule has 1 aromatic rings. The molecule has 9 nitrogen and oxygen atoms in total. The molecule has 0 bridgehead atoms. The first-order valence-electron chi connectivity index (χ1n) is 11.7. The quantitative estimate of drug-likeness (QED) is 0.503. The summed E-state index contributed by atoms with van der Waals surface area (Å²) in [5.74, 6) is -1.16. The SMILES string of the molecule is CCOC(=O)CCNC(=O)C(c1ccccc1C)N(C(=O)C(C)NC(=O)OC(C)(C)C)C1CC1. The molecule has 0 heterocycles. The number of esters is 1.